The van der Waals surface area contributed by atoms with E-state index in [0.717, 1.165) is 25.9 Å². The van der Waals surface area contributed by atoms with Gasteiger partial charge in [-0.1, -0.05) is 18.2 Å². The second-order valence-electron chi connectivity index (χ2n) is 5.87. The van der Waals surface area contributed by atoms with Crippen molar-refractivity contribution in [3.05, 3.63) is 29.8 Å². The van der Waals surface area contributed by atoms with E-state index < -0.39 is 0 Å². The first-order valence-electron chi connectivity index (χ1n) is 7.62. The Morgan fingerprint density at radius 1 is 1.26 bits per heavy atom. The Morgan fingerprint density at radius 2 is 2.00 bits per heavy atom. The Morgan fingerprint density at radius 3 is 2.70 bits per heavy atom. The molecule has 7 heteroatoms. The Balaban J connectivity index is 0.00000132. The fourth-order valence-corrected chi connectivity index (χ4v) is 3.15. The van der Waals surface area contributed by atoms with Crippen molar-refractivity contribution in [2.24, 2.45) is 5.73 Å². The van der Waals surface area contributed by atoms with E-state index in [-0.39, 0.29) is 42.9 Å². The quantitative estimate of drug-likeness (QED) is 0.872. The maximum Gasteiger partial charge on any atom is 0.252 e. The summed E-state index contributed by atoms with van der Waals surface area (Å²) in [6, 6.07) is 8.27. The highest BCUT2D eigenvalue weighted by atomic mass is 35.5. The summed E-state index contributed by atoms with van der Waals surface area (Å²) in [6.07, 6.45) is 1.40. The van der Waals surface area contributed by atoms with Crippen LogP contribution < -0.4 is 10.6 Å². The zero-order valence-corrected chi connectivity index (χ0v) is 14.9. The Labute approximate surface area is 150 Å². The molecule has 0 radical (unpaired) electrons. The minimum atomic E-state index is -0.311. The van der Waals surface area contributed by atoms with Gasteiger partial charge in [0.25, 0.3) is 5.91 Å². The van der Waals surface area contributed by atoms with Gasteiger partial charge in [-0.25, -0.2) is 0 Å². The van der Waals surface area contributed by atoms with Crippen LogP contribution in [0.1, 0.15) is 18.4 Å². The van der Waals surface area contributed by atoms with Gasteiger partial charge in [-0.15, -0.1) is 24.8 Å². The average Bonchev–Trinajstić information content (AvgIpc) is 2.93. The van der Waals surface area contributed by atoms with Gasteiger partial charge in [0.1, 0.15) is 6.10 Å². The molecule has 0 spiro atoms. The van der Waals surface area contributed by atoms with Crippen LogP contribution in [0.3, 0.4) is 0 Å². The molecule has 1 amide bonds. The smallest absolute Gasteiger partial charge is 0.252 e. The second-order valence-corrected chi connectivity index (χ2v) is 5.87. The van der Waals surface area contributed by atoms with Crippen LogP contribution in [0, 0.1) is 0 Å². The third-order valence-corrected chi connectivity index (χ3v) is 4.43. The molecule has 1 aromatic rings. The molecule has 1 aromatic carbocycles. The molecule has 0 bridgehead atoms. The van der Waals surface area contributed by atoms with Crippen LogP contribution in [-0.4, -0.2) is 49.7 Å². The Hall–Kier alpha value is -1.01. The van der Waals surface area contributed by atoms with Gasteiger partial charge in [0.2, 0.25) is 0 Å². The van der Waals surface area contributed by atoms with Gasteiger partial charge in [-0.05, 0) is 24.5 Å². The molecule has 0 saturated carbocycles. The summed E-state index contributed by atoms with van der Waals surface area (Å²) in [5, 5.41) is 0. The molecule has 0 aromatic heterocycles. The summed E-state index contributed by atoms with van der Waals surface area (Å²) in [4.78, 5) is 16.8. The maximum absolute atomic E-state index is 12.7. The number of amides is 1. The van der Waals surface area contributed by atoms with E-state index in [0.29, 0.717) is 13.1 Å². The maximum atomic E-state index is 12.7. The minimum absolute atomic E-state index is 0. The van der Waals surface area contributed by atoms with Gasteiger partial charge in [-0.3, -0.25) is 4.79 Å². The number of fused-ring (bicyclic) bond motifs is 1. The number of carbonyl (C=O) groups excluding carboxylic acids is 1. The standard InChI is InChI=1S/C16H23N3O2.2ClH/c1-18-8-9-19(11-12-4-2-3-5-14(12)18)16(20)15-7-6-13(10-17)21-15;;/h2-5,13,15H,6-11,17H2,1H3;2*1H/t13-,15+;;/m1../s1. The van der Waals surface area contributed by atoms with E-state index in [1.807, 2.05) is 17.0 Å². The lowest BCUT2D eigenvalue weighted by molar-refractivity contribution is -0.143. The zero-order valence-electron chi connectivity index (χ0n) is 13.3. The molecule has 5 nitrogen and oxygen atoms in total. The highest BCUT2D eigenvalue weighted by Crippen LogP contribution is 2.26. The number of ether oxygens (including phenoxy) is 1. The summed E-state index contributed by atoms with van der Waals surface area (Å²) < 4.78 is 5.75. The van der Waals surface area contributed by atoms with Crippen LogP contribution in [0.15, 0.2) is 24.3 Å². The van der Waals surface area contributed by atoms with Crippen molar-refractivity contribution >= 4 is 36.4 Å². The number of anilines is 1. The van der Waals surface area contributed by atoms with Crippen LogP contribution in [0.4, 0.5) is 5.69 Å². The molecule has 1 saturated heterocycles. The molecule has 2 atom stereocenters. The van der Waals surface area contributed by atoms with Crippen LogP contribution in [0.25, 0.3) is 0 Å². The molecule has 0 unspecified atom stereocenters. The molecular weight excluding hydrogens is 337 g/mol. The predicted octanol–water partition coefficient (Wildman–Crippen LogP) is 1.81. The lowest BCUT2D eigenvalue weighted by atomic mass is 10.1. The van der Waals surface area contributed by atoms with Crippen LogP contribution >= 0.6 is 24.8 Å². The summed E-state index contributed by atoms with van der Waals surface area (Å²) in [5.41, 5.74) is 8.03. The lowest BCUT2D eigenvalue weighted by Gasteiger charge is -2.24. The zero-order chi connectivity index (χ0) is 14.8. The van der Waals surface area contributed by atoms with Gasteiger partial charge >= 0.3 is 0 Å². The summed E-state index contributed by atoms with van der Waals surface area (Å²) in [5.74, 6) is 0.107. The van der Waals surface area contributed by atoms with E-state index in [1.54, 1.807) is 0 Å². The second kappa shape index (κ2) is 8.73. The monoisotopic (exact) mass is 361 g/mol. The van der Waals surface area contributed by atoms with Crippen molar-refractivity contribution in [1.82, 2.24) is 4.90 Å². The molecule has 0 aliphatic carbocycles. The molecular formula is C16H25Cl2N3O2. The molecule has 23 heavy (non-hydrogen) atoms. The number of nitrogens with zero attached hydrogens (tertiary/aromatic N) is 2. The van der Waals surface area contributed by atoms with Crippen molar-refractivity contribution in [2.45, 2.75) is 31.6 Å². The van der Waals surface area contributed by atoms with Crippen LogP contribution in [0.2, 0.25) is 0 Å². The first kappa shape index (κ1) is 20.0. The van der Waals surface area contributed by atoms with Crippen LogP contribution in [-0.2, 0) is 16.1 Å². The van der Waals surface area contributed by atoms with Gasteiger partial charge < -0.3 is 20.3 Å². The van der Waals surface area contributed by atoms with Gasteiger partial charge in [0, 0.05) is 38.9 Å². The number of rotatable bonds is 2. The van der Waals surface area contributed by atoms with E-state index in [1.165, 1.54) is 11.3 Å². The number of para-hydroxylation sites is 1. The first-order chi connectivity index (χ1) is 10.2. The van der Waals surface area contributed by atoms with Crippen molar-refractivity contribution in [2.75, 3.05) is 31.6 Å². The third kappa shape index (κ3) is 4.29. The molecule has 2 aliphatic rings. The fraction of sp³-hybridized carbons (Fsp3) is 0.562. The summed E-state index contributed by atoms with van der Waals surface area (Å²) in [7, 11) is 2.07. The molecule has 2 N–H and O–H groups in total. The number of hydrogen-bond acceptors (Lipinski definition) is 4. The molecule has 1 fully saturated rings. The largest absolute Gasteiger partial charge is 0.373 e. The number of hydrogen-bond donors (Lipinski definition) is 1. The van der Waals surface area contributed by atoms with Gasteiger partial charge in [-0.2, -0.15) is 0 Å². The Bertz CT molecular complexity index is 530. The molecule has 2 heterocycles. The first-order valence-corrected chi connectivity index (χ1v) is 7.62. The Kier molecular flexibility index (Phi) is 7.61. The number of nitrogens with two attached hydrogens (primary N) is 1. The predicted molar refractivity (Wildman–Crippen MR) is 96.6 cm³/mol. The van der Waals surface area contributed by atoms with Crippen molar-refractivity contribution in [3.63, 3.8) is 0 Å². The topological polar surface area (TPSA) is 58.8 Å². The third-order valence-electron chi connectivity index (χ3n) is 4.43. The highest BCUT2D eigenvalue weighted by Gasteiger charge is 2.33. The normalized spacial score (nSPS) is 23.4. The van der Waals surface area contributed by atoms with Gasteiger partial charge in [0.05, 0.1) is 6.10 Å². The number of benzene rings is 1. The van der Waals surface area contributed by atoms with E-state index >= 15 is 0 Å². The molecule has 2 aliphatic heterocycles. The van der Waals surface area contributed by atoms with Crippen molar-refractivity contribution in [1.29, 1.82) is 0 Å². The number of likely N-dealkylation sites (N-methyl/N-ethyl adjacent to an activating group) is 1. The summed E-state index contributed by atoms with van der Waals surface area (Å²) in [6.45, 7) is 2.73. The number of halogens is 2. The minimum Gasteiger partial charge on any atom is -0.373 e. The average molecular weight is 362 g/mol. The van der Waals surface area contributed by atoms with Crippen molar-refractivity contribution in [3.8, 4) is 0 Å². The van der Waals surface area contributed by atoms with Crippen LogP contribution in [0.5, 0.6) is 0 Å². The van der Waals surface area contributed by atoms with E-state index in [4.69, 9.17) is 10.5 Å². The van der Waals surface area contributed by atoms with Crippen molar-refractivity contribution < 1.29 is 9.53 Å². The summed E-state index contributed by atoms with van der Waals surface area (Å²) >= 11 is 0. The van der Waals surface area contributed by atoms with E-state index in [9.17, 15) is 4.79 Å². The molecule has 3 rings (SSSR count). The lowest BCUT2D eigenvalue weighted by Crippen LogP contribution is -2.41. The van der Waals surface area contributed by atoms with E-state index in [2.05, 4.69) is 24.1 Å². The fourth-order valence-electron chi connectivity index (χ4n) is 3.15. The number of carbonyl (C=O) groups is 1. The SMILES string of the molecule is CN1CCN(C(=O)[C@@H]2CC[C@H](CN)O2)Cc2ccccc21.Cl.Cl. The highest BCUT2D eigenvalue weighted by molar-refractivity contribution is 5.85. The molecule has 130 valence electrons. The van der Waals surface area contributed by atoms with Gasteiger partial charge in [0.15, 0.2) is 0 Å².